The molecule has 28 heavy (non-hydrogen) atoms. The number of carbonyl (C=O) groups is 1. The van der Waals surface area contributed by atoms with Gasteiger partial charge in [0.2, 0.25) is 5.91 Å². The highest BCUT2D eigenvalue weighted by Gasteiger charge is 2.40. The molecule has 2 atom stereocenters. The van der Waals surface area contributed by atoms with Crippen LogP contribution in [-0.4, -0.2) is 53.1 Å². The van der Waals surface area contributed by atoms with Crippen molar-refractivity contribution in [3.8, 4) is 5.75 Å². The number of fused-ring (bicyclic) bond motifs is 4. The number of hydrogen-bond donors (Lipinski definition) is 0. The summed E-state index contributed by atoms with van der Waals surface area (Å²) in [6.45, 7) is 7.96. The molecule has 6 nitrogen and oxygen atoms in total. The Morgan fingerprint density at radius 2 is 2.00 bits per heavy atom. The number of ether oxygens (including phenoxy) is 1. The Hall–Kier alpha value is -2.34. The van der Waals surface area contributed by atoms with Crippen LogP contribution in [0.15, 0.2) is 34.9 Å². The summed E-state index contributed by atoms with van der Waals surface area (Å²) in [6, 6.07) is 10.2. The summed E-state index contributed by atoms with van der Waals surface area (Å²) in [4.78, 5) is 17.6. The first-order valence-electron chi connectivity index (χ1n) is 10.2. The number of aromatic nitrogens is 1. The second kappa shape index (κ2) is 8.35. The monoisotopic (exact) mass is 383 g/mol. The molecule has 0 radical (unpaired) electrons. The van der Waals surface area contributed by atoms with Gasteiger partial charge in [0.1, 0.15) is 11.5 Å². The summed E-state index contributed by atoms with van der Waals surface area (Å²) in [5, 5.41) is 4.04. The van der Waals surface area contributed by atoms with E-state index in [0.717, 1.165) is 61.7 Å². The molecule has 1 amide bonds. The number of carbonyl (C=O) groups excluding carboxylic acids is 1. The highest BCUT2D eigenvalue weighted by Crippen LogP contribution is 2.31. The predicted molar refractivity (Wildman–Crippen MR) is 106 cm³/mol. The van der Waals surface area contributed by atoms with E-state index in [1.54, 1.807) is 0 Å². The van der Waals surface area contributed by atoms with Gasteiger partial charge in [0.15, 0.2) is 0 Å². The fraction of sp³-hybridized carbons (Fsp3) is 0.545. The number of nitrogens with zero attached hydrogens (tertiary/aromatic N) is 3. The Labute approximate surface area is 166 Å². The van der Waals surface area contributed by atoms with Crippen molar-refractivity contribution in [3.05, 3.63) is 47.3 Å². The van der Waals surface area contributed by atoms with Crippen molar-refractivity contribution in [2.24, 2.45) is 5.92 Å². The Kier molecular flexibility index (Phi) is 5.67. The quantitative estimate of drug-likeness (QED) is 0.688. The number of amides is 1. The van der Waals surface area contributed by atoms with Crippen LogP contribution in [0.25, 0.3) is 0 Å². The lowest BCUT2D eigenvalue weighted by atomic mass is 9.93. The van der Waals surface area contributed by atoms with Crippen molar-refractivity contribution in [3.63, 3.8) is 0 Å². The molecule has 3 aliphatic heterocycles. The maximum absolute atomic E-state index is 13.0. The predicted octanol–water partition coefficient (Wildman–Crippen LogP) is 3.18. The molecule has 5 rings (SSSR count). The van der Waals surface area contributed by atoms with E-state index in [4.69, 9.17) is 9.26 Å². The van der Waals surface area contributed by atoms with Crippen LogP contribution >= 0.6 is 0 Å². The minimum atomic E-state index is 0.106. The third kappa shape index (κ3) is 4.07. The minimum absolute atomic E-state index is 0.106. The summed E-state index contributed by atoms with van der Waals surface area (Å²) >= 11 is 0. The van der Waals surface area contributed by atoms with Crippen molar-refractivity contribution in [1.29, 1.82) is 0 Å². The summed E-state index contributed by atoms with van der Waals surface area (Å²) in [5.74, 6) is 2.13. The average molecular weight is 383 g/mol. The molecule has 0 N–H and O–H groups in total. The molecular weight excluding hydrogens is 354 g/mol. The molecule has 0 spiro atoms. The number of piperidine rings is 1. The van der Waals surface area contributed by atoms with Gasteiger partial charge in [0, 0.05) is 31.2 Å². The average Bonchev–Trinajstić information content (AvgIpc) is 2.87. The normalized spacial score (nSPS) is 22.5. The van der Waals surface area contributed by atoms with Gasteiger partial charge in [-0.25, -0.2) is 0 Å². The number of para-hydroxylation sites is 1. The highest BCUT2D eigenvalue weighted by molar-refractivity contribution is 5.80. The Bertz CT molecular complexity index is 785. The maximum atomic E-state index is 13.0. The standard InChI is InChI=1S/C22H29N3O3/c1-16-21(17(2)28-23-16)15-25-19-10-9-18(22(25)26)13-24(14-19)11-6-12-27-20-7-4-3-5-8-20/h3-5,7-8,18-19H,6,9-15H2,1-2H3/t18-,19+/m1/s1. The molecule has 3 saturated heterocycles. The molecule has 0 saturated carbocycles. The summed E-state index contributed by atoms with van der Waals surface area (Å²) in [5.41, 5.74) is 1.95. The topological polar surface area (TPSA) is 58.8 Å². The molecule has 1 aromatic carbocycles. The van der Waals surface area contributed by atoms with E-state index in [1.165, 1.54) is 0 Å². The van der Waals surface area contributed by atoms with E-state index in [2.05, 4.69) is 15.0 Å². The van der Waals surface area contributed by atoms with E-state index in [1.807, 2.05) is 44.2 Å². The second-order valence-electron chi connectivity index (χ2n) is 7.97. The first-order chi connectivity index (χ1) is 13.6. The van der Waals surface area contributed by atoms with Crippen LogP contribution in [0.4, 0.5) is 0 Å². The molecule has 2 bridgehead atoms. The summed E-state index contributed by atoms with van der Waals surface area (Å²) in [6.07, 6.45) is 3.04. The van der Waals surface area contributed by atoms with E-state index < -0.39 is 0 Å². The van der Waals surface area contributed by atoms with Gasteiger partial charge < -0.3 is 19.1 Å². The lowest BCUT2D eigenvalue weighted by Crippen LogP contribution is -2.47. The fourth-order valence-corrected chi connectivity index (χ4v) is 4.41. The van der Waals surface area contributed by atoms with Gasteiger partial charge in [-0.05, 0) is 45.2 Å². The third-order valence-electron chi connectivity index (χ3n) is 6.01. The molecule has 3 aliphatic rings. The second-order valence-corrected chi connectivity index (χ2v) is 7.97. The molecule has 0 aliphatic carbocycles. The Morgan fingerprint density at radius 3 is 2.75 bits per heavy atom. The zero-order valence-corrected chi connectivity index (χ0v) is 16.8. The molecular formula is C22H29N3O3. The zero-order chi connectivity index (χ0) is 19.5. The number of benzene rings is 1. The van der Waals surface area contributed by atoms with Crippen LogP contribution in [0.1, 0.15) is 36.3 Å². The first kappa shape index (κ1) is 19.0. The van der Waals surface area contributed by atoms with Gasteiger partial charge in [-0.2, -0.15) is 0 Å². The summed E-state index contributed by atoms with van der Waals surface area (Å²) < 4.78 is 11.1. The van der Waals surface area contributed by atoms with Crippen molar-refractivity contribution in [2.45, 2.75) is 45.7 Å². The van der Waals surface area contributed by atoms with Crippen LogP contribution in [0, 0.1) is 19.8 Å². The van der Waals surface area contributed by atoms with Crippen molar-refractivity contribution >= 4 is 5.91 Å². The van der Waals surface area contributed by atoms with E-state index in [9.17, 15) is 4.79 Å². The molecule has 150 valence electrons. The third-order valence-corrected chi connectivity index (χ3v) is 6.01. The first-order valence-corrected chi connectivity index (χ1v) is 10.2. The molecule has 3 fully saturated rings. The van der Waals surface area contributed by atoms with Gasteiger partial charge in [0.05, 0.1) is 24.8 Å². The van der Waals surface area contributed by atoms with Gasteiger partial charge >= 0.3 is 0 Å². The maximum Gasteiger partial charge on any atom is 0.227 e. The Morgan fingerprint density at radius 1 is 1.18 bits per heavy atom. The molecule has 6 heteroatoms. The molecule has 0 unspecified atom stereocenters. The van der Waals surface area contributed by atoms with Gasteiger partial charge in [-0.15, -0.1) is 0 Å². The number of rotatable bonds is 7. The smallest absolute Gasteiger partial charge is 0.227 e. The van der Waals surface area contributed by atoms with Gasteiger partial charge in [-0.1, -0.05) is 23.4 Å². The van der Waals surface area contributed by atoms with Gasteiger partial charge in [-0.3, -0.25) is 4.79 Å². The SMILES string of the molecule is Cc1noc(C)c1CN1C(=O)[C@@H]2CC[C@H]1CN(CCCOc1ccccc1)C2. The number of aryl methyl sites for hydroxylation is 2. The van der Waals surface area contributed by atoms with Crippen LogP contribution in [0.3, 0.4) is 0 Å². The largest absolute Gasteiger partial charge is 0.494 e. The van der Waals surface area contributed by atoms with Crippen LogP contribution in [0.5, 0.6) is 5.75 Å². The summed E-state index contributed by atoms with van der Waals surface area (Å²) in [7, 11) is 0. The minimum Gasteiger partial charge on any atom is -0.494 e. The van der Waals surface area contributed by atoms with Crippen LogP contribution in [0.2, 0.25) is 0 Å². The number of hydrogen-bond acceptors (Lipinski definition) is 5. The molecule has 2 aromatic rings. The van der Waals surface area contributed by atoms with Gasteiger partial charge in [0.25, 0.3) is 0 Å². The lowest BCUT2D eigenvalue weighted by Gasteiger charge is -2.36. The molecule has 1 aromatic heterocycles. The van der Waals surface area contributed by atoms with Crippen LogP contribution < -0.4 is 4.74 Å². The van der Waals surface area contributed by atoms with E-state index >= 15 is 0 Å². The van der Waals surface area contributed by atoms with Crippen LogP contribution in [-0.2, 0) is 11.3 Å². The Balaban J connectivity index is 1.34. The van der Waals surface area contributed by atoms with E-state index in [-0.39, 0.29) is 12.0 Å². The van der Waals surface area contributed by atoms with E-state index in [0.29, 0.717) is 19.1 Å². The van der Waals surface area contributed by atoms with Crippen molar-refractivity contribution in [2.75, 3.05) is 26.2 Å². The lowest BCUT2D eigenvalue weighted by molar-refractivity contribution is -0.140. The fourth-order valence-electron chi connectivity index (χ4n) is 4.41. The zero-order valence-electron chi connectivity index (χ0n) is 16.8. The van der Waals surface area contributed by atoms with Crippen molar-refractivity contribution in [1.82, 2.24) is 15.0 Å². The highest BCUT2D eigenvalue weighted by atomic mass is 16.5. The molecule has 4 heterocycles. The van der Waals surface area contributed by atoms with Crippen molar-refractivity contribution < 1.29 is 14.1 Å².